The largest absolute Gasteiger partial charge is 0.381 e. The SMILES string of the molecule is CCNC(=NCCCCOCCc1ccccc1)NCC.I. The molecule has 0 unspecified atom stereocenters. The predicted octanol–water partition coefficient (Wildman–Crippen LogP) is 3.22. The Labute approximate surface area is 152 Å². The van der Waals surface area contributed by atoms with Gasteiger partial charge in [0, 0.05) is 26.2 Å². The van der Waals surface area contributed by atoms with Gasteiger partial charge in [-0.05, 0) is 38.7 Å². The number of nitrogens with one attached hydrogen (secondary N) is 2. The molecule has 2 N–H and O–H groups in total. The number of nitrogens with zero attached hydrogens (tertiary/aromatic N) is 1. The zero-order valence-electron chi connectivity index (χ0n) is 13.8. The molecule has 0 radical (unpaired) electrons. The van der Waals surface area contributed by atoms with Crippen LogP contribution in [0.3, 0.4) is 0 Å². The van der Waals surface area contributed by atoms with Crippen LogP contribution >= 0.6 is 24.0 Å². The molecular formula is C17H30IN3O. The third-order valence-electron chi connectivity index (χ3n) is 3.03. The van der Waals surface area contributed by atoms with Crippen LogP contribution in [0.25, 0.3) is 0 Å². The molecule has 5 heteroatoms. The minimum absolute atomic E-state index is 0. The Morgan fingerprint density at radius 1 is 1.00 bits per heavy atom. The van der Waals surface area contributed by atoms with E-state index < -0.39 is 0 Å². The summed E-state index contributed by atoms with van der Waals surface area (Å²) in [4.78, 5) is 4.51. The van der Waals surface area contributed by atoms with E-state index in [0.717, 1.165) is 58.1 Å². The van der Waals surface area contributed by atoms with Gasteiger partial charge in [0.15, 0.2) is 5.96 Å². The molecule has 0 aliphatic heterocycles. The van der Waals surface area contributed by atoms with E-state index in [2.05, 4.69) is 53.7 Å². The van der Waals surface area contributed by atoms with E-state index in [9.17, 15) is 0 Å². The molecule has 0 amide bonds. The number of rotatable bonds is 10. The molecule has 0 aliphatic rings. The fourth-order valence-corrected chi connectivity index (χ4v) is 1.95. The van der Waals surface area contributed by atoms with Crippen molar-refractivity contribution >= 4 is 29.9 Å². The van der Waals surface area contributed by atoms with E-state index >= 15 is 0 Å². The van der Waals surface area contributed by atoms with Gasteiger partial charge in [-0.1, -0.05) is 30.3 Å². The zero-order valence-corrected chi connectivity index (χ0v) is 16.1. The van der Waals surface area contributed by atoms with Crippen LogP contribution in [-0.4, -0.2) is 38.8 Å². The summed E-state index contributed by atoms with van der Waals surface area (Å²) in [5.74, 6) is 0.907. The smallest absolute Gasteiger partial charge is 0.191 e. The highest BCUT2D eigenvalue weighted by Gasteiger charge is 1.95. The van der Waals surface area contributed by atoms with Gasteiger partial charge in [0.2, 0.25) is 0 Å². The molecule has 0 aromatic heterocycles. The van der Waals surface area contributed by atoms with Crippen LogP contribution in [0.2, 0.25) is 0 Å². The number of hydrogen-bond acceptors (Lipinski definition) is 2. The molecule has 0 bridgehead atoms. The van der Waals surface area contributed by atoms with Gasteiger partial charge in [-0.25, -0.2) is 0 Å². The summed E-state index contributed by atoms with van der Waals surface area (Å²) in [5.41, 5.74) is 1.34. The molecule has 0 saturated heterocycles. The molecule has 0 atom stereocenters. The van der Waals surface area contributed by atoms with Gasteiger partial charge < -0.3 is 15.4 Å². The maximum atomic E-state index is 5.66. The number of hydrogen-bond donors (Lipinski definition) is 2. The van der Waals surface area contributed by atoms with Crippen LogP contribution in [0.1, 0.15) is 32.3 Å². The number of benzene rings is 1. The van der Waals surface area contributed by atoms with E-state index in [1.54, 1.807) is 0 Å². The summed E-state index contributed by atoms with van der Waals surface area (Å²) < 4.78 is 5.66. The molecule has 0 fully saturated rings. The van der Waals surface area contributed by atoms with Crippen LogP contribution < -0.4 is 10.6 Å². The Hall–Kier alpha value is -0.820. The van der Waals surface area contributed by atoms with E-state index in [4.69, 9.17) is 4.74 Å². The van der Waals surface area contributed by atoms with Crippen molar-refractivity contribution in [3.8, 4) is 0 Å². The summed E-state index contributed by atoms with van der Waals surface area (Å²) in [7, 11) is 0. The number of unbranched alkanes of at least 4 members (excludes halogenated alkanes) is 1. The lowest BCUT2D eigenvalue weighted by molar-refractivity contribution is 0.134. The average molecular weight is 419 g/mol. The minimum atomic E-state index is 0. The molecule has 0 spiro atoms. The highest BCUT2D eigenvalue weighted by atomic mass is 127. The number of ether oxygens (including phenoxy) is 1. The highest BCUT2D eigenvalue weighted by molar-refractivity contribution is 14.0. The van der Waals surface area contributed by atoms with Crippen LogP contribution in [0.4, 0.5) is 0 Å². The Kier molecular flexibility index (Phi) is 14.5. The number of aliphatic imine (C=N–C) groups is 1. The summed E-state index contributed by atoms with van der Waals surface area (Å²) in [6.45, 7) is 8.41. The molecule has 1 aromatic carbocycles. The maximum Gasteiger partial charge on any atom is 0.191 e. The predicted molar refractivity (Wildman–Crippen MR) is 105 cm³/mol. The zero-order chi connectivity index (χ0) is 15.2. The fourth-order valence-electron chi connectivity index (χ4n) is 1.95. The molecule has 1 rings (SSSR count). The van der Waals surface area contributed by atoms with Crippen LogP contribution in [-0.2, 0) is 11.2 Å². The van der Waals surface area contributed by atoms with Gasteiger partial charge in [-0.3, -0.25) is 4.99 Å². The van der Waals surface area contributed by atoms with Crippen molar-refractivity contribution in [1.82, 2.24) is 10.6 Å². The second-order valence-corrected chi connectivity index (χ2v) is 4.85. The van der Waals surface area contributed by atoms with Gasteiger partial charge in [0.1, 0.15) is 0 Å². The quantitative estimate of drug-likeness (QED) is 0.265. The van der Waals surface area contributed by atoms with Crippen molar-refractivity contribution < 1.29 is 4.74 Å². The van der Waals surface area contributed by atoms with Gasteiger partial charge in [0.05, 0.1) is 6.61 Å². The Balaban J connectivity index is 0.00000441. The average Bonchev–Trinajstić information content (AvgIpc) is 2.51. The molecule has 0 saturated carbocycles. The van der Waals surface area contributed by atoms with Gasteiger partial charge >= 0.3 is 0 Å². The molecule has 0 heterocycles. The summed E-state index contributed by atoms with van der Waals surface area (Å²) in [6, 6.07) is 10.5. The van der Waals surface area contributed by atoms with Crippen molar-refractivity contribution in [1.29, 1.82) is 0 Å². The topological polar surface area (TPSA) is 45.7 Å². The Morgan fingerprint density at radius 3 is 2.32 bits per heavy atom. The lowest BCUT2D eigenvalue weighted by atomic mass is 10.2. The van der Waals surface area contributed by atoms with E-state index in [1.807, 2.05) is 6.07 Å². The van der Waals surface area contributed by atoms with Crippen LogP contribution in [0.15, 0.2) is 35.3 Å². The number of halogens is 1. The first kappa shape index (κ1) is 21.2. The first-order valence-corrected chi connectivity index (χ1v) is 8.00. The molecule has 126 valence electrons. The number of guanidine groups is 1. The second-order valence-electron chi connectivity index (χ2n) is 4.85. The monoisotopic (exact) mass is 419 g/mol. The van der Waals surface area contributed by atoms with Crippen molar-refractivity contribution in [3.05, 3.63) is 35.9 Å². The van der Waals surface area contributed by atoms with Crippen LogP contribution in [0, 0.1) is 0 Å². The lowest BCUT2D eigenvalue weighted by Gasteiger charge is -2.09. The molecule has 22 heavy (non-hydrogen) atoms. The van der Waals surface area contributed by atoms with E-state index in [1.165, 1.54) is 5.56 Å². The Morgan fingerprint density at radius 2 is 1.68 bits per heavy atom. The normalized spacial score (nSPS) is 9.73. The summed E-state index contributed by atoms with van der Waals surface area (Å²) in [6.07, 6.45) is 3.11. The highest BCUT2D eigenvalue weighted by Crippen LogP contribution is 2.00. The summed E-state index contributed by atoms with van der Waals surface area (Å²) >= 11 is 0. The lowest BCUT2D eigenvalue weighted by Crippen LogP contribution is -2.37. The van der Waals surface area contributed by atoms with Crippen molar-refractivity contribution in [2.75, 3.05) is 32.8 Å². The van der Waals surface area contributed by atoms with E-state index in [0.29, 0.717) is 0 Å². The van der Waals surface area contributed by atoms with E-state index in [-0.39, 0.29) is 24.0 Å². The standard InChI is InChI=1S/C17H29N3O.HI/c1-3-18-17(19-4-2)20-13-8-9-14-21-15-12-16-10-6-5-7-11-16;/h5-7,10-11H,3-4,8-9,12-15H2,1-2H3,(H2,18,19,20);1H. The first-order valence-electron chi connectivity index (χ1n) is 8.00. The van der Waals surface area contributed by atoms with Gasteiger partial charge in [-0.2, -0.15) is 0 Å². The van der Waals surface area contributed by atoms with Crippen molar-refractivity contribution in [3.63, 3.8) is 0 Å². The van der Waals surface area contributed by atoms with Crippen LogP contribution in [0.5, 0.6) is 0 Å². The summed E-state index contributed by atoms with van der Waals surface area (Å²) in [5, 5.41) is 6.44. The molecular weight excluding hydrogens is 389 g/mol. The molecule has 1 aromatic rings. The van der Waals surface area contributed by atoms with Gasteiger partial charge in [-0.15, -0.1) is 24.0 Å². The Bertz CT molecular complexity index is 377. The third kappa shape index (κ3) is 10.8. The first-order chi connectivity index (χ1) is 10.4. The molecule has 0 aliphatic carbocycles. The van der Waals surface area contributed by atoms with Crippen molar-refractivity contribution in [2.45, 2.75) is 33.1 Å². The second kappa shape index (κ2) is 15.1. The van der Waals surface area contributed by atoms with Crippen molar-refractivity contribution in [2.24, 2.45) is 4.99 Å². The maximum absolute atomic E-state index is 5.66. The third-order valence-corrected chi connectivity index (χ3v) is 3.03. The minimum Gasteiger partial charge on any atom is -0.381 e. The van der Waals surface area contributed by atoms with Gasteiger partial charge in [0.25, 0.3) is 0 Å². The molecule has 4 nitrogen and oxygen atoms in total. The fraction of sp³-hybridized carbons (Fsp3) is 0.588.